The molecule has 16 heavy (non-hydrogen) atoms. The summed E-state index contributed by atoms with van der Waals surface area (Å²) in [7, 11) is 1.39. The van der Waals surface area contributed by atoms with Crippen LogP contribution in [-0.4, -0.2) is 18.8 Å². The van der Waals surface area contributed by atoms with Gasteiger partial charge in [0.1, 0.15) is 0 Å². The van der Waals surface area contributed by atoms with Gasteiger partial charge in [0.25, 0.3) is 0 Å². The predicted octanol–water partition coefficient (Wildman–Crippen LogP) is 3.11. The number of benzene rings is 1. The lowest BCUT2D eigenvalue weighted by Gasteiger charge is -2.06. The number of methoxy groups -OCH3 is 1. The fraction of sp³-hybridized carbons (Fsp3) is 0.308. The number of carbonyl (C=O) groups excluding carboxylic acids is 1. The summed E-state index contributed by atoms with van der Waals surface area (Å²) in [6.45, 7) is 1.92. The third-order valence-electron chi connectivity index (χ3n) is 2.37. The van der Waals surface area contributed by atoms with Crippen molar-refractivity contribution in [3.8, 4) is 0 Å². The third-order valence-corrected chi connectivity index (χ3v) is 2.63. The highest BCUT2D eigenvalue weighted by molar-refractivity contribution is 7.80. The minimum absolute atomic E-state index is 0.290. The van der Waals surface area contributed by atoms with Crippen LogP contribution in [0.4, 0.5) is 0 Å². The molecular formula is C13H16O2S. The molecule has 0 amide bonds. The molecule has 0 saturated carbocycles. The fourth-order valence-corrected chi connectivity index (χ4v) is 1.60. The Labute approximate surface area is 102 Å². The van der Waals surface area contributed by atoms with Gasteiger partial charge in [0.15, 0.2) is 0 Å². The van der Waals surface area contributed by atoms with Crippen molar-refractivity contribution in [3.05, 3.63) is 41.0 Å². The van der Waals surface area contributed by atoms with Crippen molar-refractivity contribution in [2.24, 2.45) is 0 Å². The van der Waals surface area contributed by atoms with Crippen LogP contribution in [0.1, 0.15) is 27.9 Å². The van der Waals surface area contributed by atoms with E-state index in [2.05, 4.69) is 18.7 Å². The molecule has 0 unspecified atom stereocenters. The molecule has 1 aromatic carbocycles. The van der Waals surface area contributed by atoms with E-state index < -0.39 is 0 Å². The average Bonchev–Trinajstić information content (AvgIpc) is 2.30. The molecular weight excluding hydrogens is 220 g/mol. The van der Waals surface area contributed by atoms with E-state index in [9.17, 15) is 4.79 Å². The maximum Gasteiger partial charge on any atom is 0.338 e. The molecule has 0 N–H and O–H groups in total. The molecule has 0 aliphatic carbocycles. The number of thiol groups is 1. The highest BCUT2D eigenvalue weighted by Crippen LogP contribution is 2.16. The zero-order valence-electron chi connectivity index (χ0n) is 9.56. The highest BCUT2D eigenvalue weighted by Gasteiger charge is 2.09. The maximum atomic E-state index is 11.5. The molecule has 0 heterocycles. The first-order valence-corrected chi connectivity index (χ1v) is 5.79. The van der Waals surface area contributed by atoms with Gasteiger partial charge in [0.2, 0.25) is 0 Å². The smallest absolute Gasteiger partial charge is 0.338 e. The summed E-state index contributed by atoms with van der Waals surface area (Å²) in [5.41, 5.74) is 2.62. The lowest BCUT2D eigenvalue weighted by molar-refractivity contribution is 0.0600. The van der Waals surface area contributed by atoms with E-state index in [0.29, 0.717) is 5.56 Å². The van der Waals surface area contributed by atoms with Crippen LogP contribution in [-0.2, 0) is 4.74 Å². The topological polar surface area (TPSA) is 26.3 Å². The third kappa shape index (κ3) is 3.14. The molecule has 1 rings (SSSR count). The van der Waals surface area contributed by atoms with E-state index in [1.165, 1.54) is 7.11 Å². The first-order valence-electron chi connectivity index (χ1n) is 5.16. The van der Waals surface area contributed by atoms with Gasteiger partial charge in [0, 0.05) is 0 Å². The molecule has 0 aliphatic rings. The number of hydrogen-bond acceptors (Lipinski definition) is 3. The Bertz CT molecular complexity index is 397. The average molecular weight is 236 g/mol. The molecule has 0 fully saturated rings. The minimum atomic E-state index is -0.290. The molecule has 0 aliphatic heterocycles. The van der Waals surface area contributed by atoms with Crippen LogP contribution in [0.15, 0.2) is 24.3 Å². The monoisotopic (exact) mass is 236 g/mol. The summed E-state index contributed by atoms with van der Waals surface area (Å²) < 4.78 is 4.72. The number of esters is 1. The number of carbonyl (C=O) groups is 1. The van der Waals surface area contributed by atoms with Gasteiger partial charge in [-0.05, 0) is 36.3 Å². The van der Waals surface area contributed by atoms with Gasteiger partial charge in [-0.15, -0.1) is 0 Å². The highest BCUT2D eigenvalue weighted by atomic mass is 32.1. The van der Waals surface area contributed by atoms with E-state index >= 15 is 0 Å². The molecule has 0 bridgehead atoms. The van der Waals surface area contributed by atoms with Crippen molar-refractivity contribution >= 4 is 24.7 Å². The van der Waals surface area contributed by atoms with Crippen molar-refractivity contribution in [2.45, 2.75) is 13.3 Å². The Hall–Kier alpha value is -1.22. The second-order valence-electron chi connectivity index (χ2n) is 3.43. The van der Waals surface area contributed by atoms with Crippen LogP contribution < -0.4 is 0 Å². The normalized spacial score (nSPS) is 10.7. The zero-order chi connectivity index (χ0) is 12.0. The van der Waals surface area contributed by atoms with Gasteiger partial charge in [-0.25, -0.2) is 4.79 Å². The Morgan fingerprint density at radius 2 is 2.25 bits per heavy atom. The predicted molar refractivity (Wildman–Crippen MR) is 70.0 cm³/mol. The quantitative estimate of drug-likeness (QED) is 0.642. The van der Waals surface area contributed by atoms with Crippen LogP contribution in [0.5, 0.6) is 0 Å². The van der Waals surface area contributed by atoms with Crippen molar-refractivity contribution in [1.29, 1.82) is 0 Å². The van der Waals surface area contributed by atoms with E-state index in [0.717, 1.165) is 23.3 Å². The summed E-state index contributed by atoms with van der Waals surface area (Å²) in [6.07, 6.45) is 4.99. The summed E-state index contributed by atoms with van der Waals surface area (Å²) in [5.74, 6) is 0.536. The molecule has 86 valence electrons. The molecule has 0 saturated heterocycles. The fourth-order valence-electron chi connectivity index (χ4n) is 1.45. The standard InChI is InChI=1S/C13H16O2S/c1-10-11(6-3-4-9-16)7-5-8-12(10)13(14)15-2/h3,5-8,16H,4,9H2,1-2H3. The zero-order valence-corrected chi connectivity index (χ0v) is 10.5. The molecule has 0 radical (unpaired) electrons. The second kappa shape index (κ2) is 6.38. The van der Waals surface area contributed by atoms with Gasteiger partial charge < -0.3 is 4.74 Å². The Morgan fingerprint density at radius 1 is 1.50 bits per heavy atom. The summed E-state index contributed by atoms with van der Waals surface area (Å²) in [4.78, 5) is 11.5. The van der Waals surface area contributed by atoms with Crippen LogP contribution in [0.2, 0.25) is 0 Å². The SMILES string of the molecule is COC(=O)c1cccc(C=CCCS)c1C. The number of rotatable bonds is 4. The van der Waals surface area contributed by atoms with Gasteiger partial charge in [-0.2, -0.15) is 12.6 Å². The van der Waals surface area contributed by atoms with Gasteiger partial charge >= 0.3 is 5.97 Å². The molecule has 0 aromatic heterocycles. The van der Waals surface area contributed by atoms with Crippen molar-refractivity contribution in [1.82, 2.24) is 0 Å². The van der Waals surface area contributed by atoms with Crippen molar-refractivity contribution < 1.29 is 9.53 Å². The Morgan fingerprint density at radius 3 is 2.88 bits per heavy atom. The number of allylic oxidation sites excluding steroid dienone is 1. The summed E-state index contributed by atoms with van der Waals surface area (Å²) in [6, 6.07) is 5.62. The summed E-state index contributed by atoms with van der Waals surface area (Å²) >= 11 is 4.14. The van der Waals surface area contributed by atoms with Crippen LogP contribution in [0.25, 0.3) is 6.08 Å². The van der Waals surface area contributed by atoms with E-state index in [4.69, 9.17) is 4.74 Å². The van der Waals surface area contributed by atoms with Crippen molar-refractivity contribution in [3.63, 3.8) is 0 Å². The Balaban J connectivity index is 2.99. The largest absolute Gasteiger partial charge is 0.465 e. The lowest BCUT2D eigenvalue weighted by Crippen LogP contribution is -2.04. The van der Waals surface area contributed by atoms with E-state index in [1.807, 2.05) is 25.1 Å². The number of ether oxygens (including phenoxy) is 1. The first kappa shape index (κ1) is 12.8. The Kier molecular flexibility index (Phi) is 5.12. The molecule has 0 atom stereocenters. The van der Waals surface area contributed by atoms with Crippen LogP contribution in [0.3, 0.4) is 0 Å². The van der Waals surface area contributed by atoms with Crippen molar-refractivity contribution in [2.75, 3.05) is 12.9 Å². The van der Waals surface area contributed by atoms with E-state index in [-0.39, 0.29) is 5.97 Å². The first-order chi connectivity index (χ1) is 7.70. The summed E-state index contributed by atoms with van der Waals surface area (Å²) in [5, 5.41) is 0. The molecule has 3 heteroatoms. The number of hydrogen-bond donors (Lipinski definition) is 1. The second-order valence-corrected chi connectivity index (χ2v) is 3.87. The van der Waals surface area contributed by atoms with E-state index in [1.54, 1.807) is 6.07 Å². The van der Waals surface area contributed by atoms with Gasteiger partial charge in [-0.1, -0.05) is 24.3 Å². The van der Waals surface area contributed by atoms with Crippen LogP contribution >= 0.6 is 12.6 Å². The molecule has 2 nitrogen and oxygen atoms in total. The van der Waals surface area contributed by atoms with Crippen LogP contribution in [0, 0.1) is 6.92 Å². The minimum Gasteiger partial charge on any atom is -0.465 e. The van der Waals surface area contributed by atoms with Gasteiger partial charge in [-0.3, -0.25) is 0 Å². The lowest BCUT2D eigenvalue weighted by atomic mass is 10.0. The molecule has 1 aromatic rings. The maximum absolute atomic E-state index is 11.5. The molecule has 0 spiro atoms. The van der Waals surface area contributed by atoms with Gasteiger partial charge in [0.05, 0.1) is 12.7 Å².